The summed E-state index contributed by atoms with van der Waals surface area (Å²) in [4.78, 5) is 0. The van der Waals surface area contributed by atoms with Gasteiger partial charge in [0.15, 0.2) is 0 Å². The molecule has 0 radical (unpaired) electrons. The minimum Gasteiger partial charge on any atom is -0.0800 e. The van der Waals surface area contributed by atoms with Gasteiger partial charge < -0.3 is 0 Å². The Morgan fingerprint density at radius 2 is 1.39 bits per heavy atom. The molecule has 2 rings (SSSR count). The molecule has 0 saturated carbocycles. The van der Waals surface area contributed by atoms with Gasteiger partial charge in [-0.1, -0.05) is 48.7 Å². The molecule has 1 heteroatoms. The van der Waals surface area contributed by atoms with Crippen molar-refractivity contribution < 1.29 is 0 Å². The highest BCUT2D eigenvalue weighted by Crippen LogP contribution is 2.30. The van der Waals surface area contributed by atoms with Crippen LogP contribution in [-0.2, 0) is 0 Å². The van der Waals surface area contributed by atoms with Crippen LogP contribution in [0.3, 0.4) is 0 Å². The van der Waals surface area contributed by atoms with Gasteiger partial charge in [-0.25, -0.2) is 0 Å². The van der Waals surface area contributed by atoms with Crippen molar-refractivity contribution in [3.05, 3.63) is 52.6 Å². The van der Waals surface area contributed by atoms with Crippen molar-refractivity contribution in [1.82, 2.24) is 0 Å². The van der Waals surface area contributed by atoms with Crippen LogP contribution in [0.1, 0.15) is 22.3 Å². The van der Waals surface area contributed by atoms with Gasteiger partial charge in [0, 0.05) is 0 Å². The molecule has 0 fully saturated rings. The second kappa shape index (κ2) is 4.54. The van der Waals surface area contributed by atoms with E-state index < -0.39 is 8.07 Å². The van der Waals surface area contributed by atoms with Crippen molar-refractivity contribution in [1.29, 1.82) is 0 Å². The van der Waals surface area contributed by atoms with Gasteiger partial charge in [-0.15, -0.1) is 0 Å². The topological polar surface area (TPSA) is 0 Å². The van der Waals surface area contributed by atoms with Crippen LogP contribution >= 0.6 is 0 Å². The molecular weight excluding hydrogens is 232 g/mol. The van der Waals surface area contributed by atoms with Crippen molar-refractivity contribution in [3.63, 3.8) is 0 Å². The highest BCUT2D eigenvalue weighted by Gasteiger charge is 2.33. The van der Waals surface area contributed by atoms with Gasteiger partial charge in [0.25, 0.3) is 0 Å². The molecule has 0 aliphatic heterocycles. The Balaban J connectivity index is 2.57. The van der Waals surface area contributed by atoms with E-state index in [1.54, 1.807) is 5.19 Å². The Kier molecular flexibility index (Phi) is 3.37. The first-order valence-electron chi connectivity index (χ1n) is 6.78. The van der Waals surface area contributed by atoms with Crippen molar-refractivity contribution in [3.8, 4) is 0 Å². The maximum absolute atomic E-state index is 2.49. The zero-order valence-electron chi connectivity index (χ0n) is 12.5. The molecule has 1 aromatic rings. The largest absolute Gasteiger partial charge is 0.0915 e. The summed E-state index contributed by atoms with van der Waals surface area (Å²) >= 11 is 0. The highest BCUT2D eigenvalue weighted by molar-refractivity contribution is 6.92. The lowest BCUT2D eigenvalue weighted by molar-refractivity contribution is 1.21. The quantitative estimate of drug-likeness (QED) is 0.691. The molecule has 0 N–H and O–H groups in total. The summed E-state index contributed by atoms with van der Waals surface area (Å²) in [6.07, 6.45) is 9.14. The predicted molar refractivity (Wildman–Crippen MR) is 84.5 cm³/mol. The van der Waals surface area contributed by atoms with Crippen LogP contribution < -0.4 is 5.19 Å². The molecule has 1 aliphatic rings. The molecule has 0 saturated heterocycles. The monoisotopic (exact) mass is 256 g/mol. The van der Waals surface area contributed by atoms with E-state index in [9.17, 15) is 0 Å². The Morgan fingerprint density at radius 1 is 0.833 bits per heavy atom. The van der Waals surface area contributed by atoms with Gasteiger partial charge in [0.2, 0.25) is 0 Å². The summed E-state index contributed by atoms with van der Waals surface area (Å²) in [5.41, 5.74) is 6.55. The van der Waals surface area contributed by atoms with Crippen LogP contribution in [0.5, 0.6) is 0 Å². The molecule has 0 spiro atoms. The van der Waals surface area contributed by atoms with E-state index in [0.29, 0.717) is 5.54 Å². The number of aryl methyl sites for hydroxylation is 1. The molecule has 0 nitrogen and oxygen atoms in total. The third-order valence-corrected chi connectivity index (χ3v) is 8.72. The van der Waals surface area contributed by atoms with E-state index >= 15 is 0 Å². The van der Waals surface area contributed by atoms with Gasteiger partial charge >= 0.3 is 0 Å². The predicted octanol–water partition coefficient (Wildman–Crippen LogP) is 4.33. The minimum atomic E-state index is -1.45. The maximum atomic E-state index is 2.49. The van der Waals surface area contributed by atoms with E-state index in [4.69, 9.17) is 0 Å². The van der Waals surface area contributed by atoms with Gasteiger partial charge in [0.05, 0.1) is 8.07 Å². The second-order valence-electron chi connectivity index (χ2n) is 6.13. The highest BCUT2D eigenvalue weighted by atomic mass is 28.3. The smallest absolute Gasteiger partial charge is 0.0800 e. The number of hydrogen-bond acceptors (Lipinski definition) is 0. The molecule has 1 aliphatic carbocycles. The molecule has 18 heavy (non-hydrogen) atoms. The summed E-state index contributed by atoms with van der Waals surface area (Å²) in [5.74, 6) is 0. The fourth-order valence-corrected chi connectivity index (χ4v) is 6.26. The molecule has 0 heterocycles. The van der Waals surface area contributed by atoms with E-state index in [1.165, 1.54) is 22.3 Å². The van der Waals surface area contributed by atoms with Crippen molar-refractivity contribution in [2.45, 2.75) is 46.3 Å². The Bertz CT molecular complexity index is 521. The van der Waals surface area contributed by atoms with Gasteiger partial charge in [-0.05, 0) is 55.5 Å². The lowest BCUT2D eigenvalue weighted by Gasteiger charge is -2.31. The number of rotatable bonds is 2. The maximum Gasteiger partial charge on any atom is 0.0915 e. The zero-order chi connectivity index (χ0) is 13.5. The van der Waals surface area contributed by atoms with Gasteiger partial charge in [-0.3, -0.25) is 0 Å². The summed E-state index contributed by atoms with van der Waals surface area (Å²) in [6.45, 7) is 14.0. The lowest BCUT2D eigenvalue weighted by Crippen LogP contribution is -2.46. The van der Waals surface area contributed by atoms with Crippen molar-refractivity contribution >= 4 is 13.3 Å². The average Bonchev–Trinajstić information content (AvgIpc) is 2.85. The molecule has 96 valence electrons. The van der Waals surface area contributed by atoms with Crippen LogP contribution in [0.2, 0.25) is 18.6 Å². The van der Waals surface area contributed by atoms with E-state index in [0.717, 1.165) is 0 Å². The fourth-order valence-electron chi connectivity index (χ4n) is 2.97. The first kappa shape index (κ1) is 13.4. The molecule has 0 bridgehead atoms. The SMILES string of the molecule is Cc1cc([Si](C)(C)C2C=CC=C2)c(C)c(C)c1C. The number of allylic oxidation sites excluding steroid dienone is 4. The molecule has 0 unspecified atom stereocenters. The van der Waals surface area contributed by atoms with Crippen molar-refractivity contribution in [2.24, 2.45) is 0 Å². The minimum absolute atomic E-state index is 0.651. The second-order valence-corrected chi connectivity index (χ2v) is 10.8. The molecule has 0 atom stereocenters. The molecular formula is C17H24Si. The molecule has 1 aromatic carbocycles. The Labute approximate surface area is 112 Å². The normalized spacial score (nSPS) is 15.7. The van der Waals surface area contributed by atoms with Gasteiger partial charge in [-0.2, -0.15) is 0 Å². The summed E-state index contributed by atoms with van der Waals surface area (Å²) in [5, 5.41) is 1.63. The number of hydrogen-bond donors (Lipinski definition) is 0. The van der Waals surface area contributed by atoms with Crippen molar-refractivity contribution in [2.75, 3.05) is 0 Å². The third kappa shape index (κ3) is 2.01. The zero-order valence-corrected chi connectivity index (χ0v) is 13.5. The molecule has 0 amide bonds. The van der Waals surface area contributed by atoms with Gasteiger partial charge in [0.1, 0.15) is 0 Å². The van der Waals surface area contributed by atoms with Crippen LogP contribution in [0.15, 0.2) is 30.4 Å². The average molecular weight is 256 g/mol. The van der Waals surface area contributed by atoms with Crippen LogP contribution in [-0.4, -0.2) is 8.07 Å². The summed E-state index contributed by atoms with van der Waals surface area (Å²) in [6, 6.07) is 2.45. The third-order valence-electron chi connectivity index (χ3n) is 4.76. The van der Waals surface area contributed by atoms with Crippen LogP contribution in [0.25, 0.3) is 0 Å². The van der Waals surface area contributed by atoms with Crippen LogP contribution in [0, 0.1) is 27.7 Å². The van der Waals surface area contributed by atoms with Crippen LogP contribution in [0.4, 0.5) is 0 Å². The summed E-state index contributed by atoms with van der Waals surface area (Å²) in [7, 11) is -1.45. The Hall–Kier alpha value is -1.08. The standard InChI is InChI=1S/C17H24Si/c1-12-11-17(15(4)14(3)13(12)2)18(5,6)16-9-7-8-10-16/h7-11,16H,1-6H3. The van der Waals surface area contributed by atoms with E-state index in [1.807, 2.05) is 0 Å². The summed E-state index contributed by atoms with van der Waals surface area (Å²) < 4.78 is 0. The van der Waals surface area contributed by atoms with E-state index in [2.05, 4.69) is 71.2 Å². The molecule has 0 aromatic heterocycles. The van der Waals surface area contributed by atoms with E-state index in [-0.39, 0.29) is 0 Å². The lowest BCUT2D eigenvalue weighted by atomic mass is 10.00. The first-order valence-corrected chi connectivity index (χ1v) is 9.86. The number of benzene rings is 1. The first-order chi connectivity index (χ1) is 8.35. The Morgan fingerprint density at radius 3 is 1.94 bits per heavy atom. The fraction of sp³-hybridized carbons (Fsp3) is 0.412.